The lowest BCUT2D eigenvalue weighted by atomic mass is 9.90. The summed E-state index contributed by atoms with van der Waals surface area (Å²) in [4.78, 5) is 0. The molecule has 100 valence electrons. The van der Waals surface area contributed by atoms with E-state index in [2.05, 4.69) is 0 Å². The molecule has 4 heteroatoms. The summed E-state index contributed by atoms with van der Waals surface area (Å²) in [6, 6.07) is 2.24. The van der Waals surface area contributed by atoms with Gasteiger partial charge in [-0.15, -0.1) is 0 Å². The molecule has 1 aliphatic rings. The second-order valence-electron chi connectivity index (χ2n) is 4.99. The fraction of sp³-hybridized carbons (Fsp3) is 0.571. The Morgan fingerprint density at radius 1 is 1.33 bits per heavy atom. The lowest BCUT2D eigenvalue weighted by Gasteiger charge is -2.25. The molecule has 1 aromatic carbocycles. The smallest absolute Gasteiger partial charge is 0.133 e. The number of hydrogen-bond donors (Lipinski definition) is 1. The molecule has 0 aliphatic carbocycles. The Morgan fingerprint density at radius 3 is 2.67 bits per heavy atom. The van der Waals surface area contributed by atoms with Crippen molar-refractivity contribution in [1.29, 1.82) is 0 Å². The van der Waals surface area contributed by atoms with Crippen LogP contribution in [-0.4, -0.2) is 11.5 Å². The first-order chi connectivity index (χ1) is 8.59. The van der Waals surface area contributed by atoms with Crippen LogP contribution in [0.4, 0.5) is 8.78 Å². The standard InChI is InChI=1S/C14H19F2NS/c1-9-2-3-11(15)13(14(9)16)12(17)8-10-4-6-18-7-5-10/h2-3,10,12H,4-8,17H2,1H3. The van der Waals surface area contributed by atoms with E-state index in [-0.39, 0.29) is 5.56 Å². The second kappa shape index (κ2) is 6.02. The van der Waals surface area contributed by atoms with Crippen molar-refractivity contribution >= 4 is 11.8 Å². The third kappa shape index (κ3) is 3.04. The highest BCUT2D eigenvalue weighted by Crippen LogP contribution is 2.32. The lowest BCUT2D eigenvalue weighted by Crippen LogP contribution is -2.21. The largest absolute Gasteiger partial charge is 0.324 e. The van der Waals surface area contributed by atoms with Gasteiger partial charge in [0.25, 0.3) is 0 Å². The normalized spacial score (nSPS) is 18.9. The van der Waals surface area contributed by atoms with Crippen LogP contribution in [0.15, 0.2) is 12.1 Å². The van der Waals surface area contributed by atoms with Gasteiger partial charge in [-0.05, 0) is 55.2 Å². The average Bonchev–Trinajstić information content (AvgIpc) is 2.36. The van der Waals surface area contributed by atoms with E-state index in [0.29, 0.717) is 17.9 Å². The van der Waals surface area contributed by atoms with Crippen molar-refractivity contribution in [2.45, 2.75) is 32.2 Å². The second-order valence-corrected chi connectivity index (χ2v) is 6.21. The van der Waals surface area contributed by atoms with Crippen LogP contribution in [0.5, 0.6) is 0 Å². The van der Waals surface area contributed by atoms with Crippen molar-refractivity contribution in [2.75, 3.05) is 11.5 Å². The van der Waals surface area contributed by atoms with Crippen LogP contribution in [0.2, 0.25) is 0 Å². The van der Waals surface area contributed by atoms with E-state index in [4.69, 9.17) is 5.73 Å². The molecule has 1 saturated heterocycles. The summed E-state index contributed by atoms with van der Waals surface area (Å²) in [7, 11) is 0. The van der Waals surface area contributed by atoms with Gasteiger partial charge in [0.2, 0.25) is 0 Å². The van der Waals surface area contributed by atoms with E-state index in [9.17, 15) is 8.78 Å². The molecule has 0 spiro atoms. The maximum atomic E-state index is 13.9. The SMILES string of the molecule is Cc1ccc(F)c(C(N)CC2CCSCC2)c1F. The minimum Gasteiger partial charge on any atom is -0.324 e. The topological polar surface area (TPSA) is 26.0 Å². The Morgan fingerprint density at radius 2 is 2.00 bits per heavy atom. The van der Waals surface area contributed by atoms with Gasteiger partial charge in [-0.1, -0.05) is 6.07 Å². The molecular formula is C14H19F2NS. The molecule has 1 unspecified atom stereocenters. The highest BCUT2D eigenvalue weighted by molar-refractivity contribution is 7.99. The minimum atomic E-state index is -0.530. The van der Waals surface area contributed by atoms with Gasteiger partial charge in [-0.25, -0.2) is 8.78 Å². The summed E-state index contributed by atoms with van der Waals surface area (Å²) < 4.78 is 27.7. The number of rotatable bonds is 3. The van der Waals surface area contributed by atoms with E-state index < -0.39 is 17.7 Å². The van der Waals surface area contributed by atoms with Crippen LogP contribution >= 0.6 is 11.8 Å². The maximum Gasteiger partial charge on any atom is 0.133 e. The van der Waals surface area contributed by atoms with Gasteiger partial charge in [0.1, 0.15) is 11.6 Å². The number of benzene rings is 1. The number of nitrogens with two attached hydrogens (primary N) is 1. The molecule has 0 radical (unpaired) electrons. The highest BCUT2D eigenvalue weighted by atomic mass is 32.2. The van der Waals surface area contributed by atoms with Gasteiger partial charge in [0.15, 0.2) is 0 Å². The Hall–Kier alpha value is -0.610. The van der Waals surface area contributed by atoms with Crippen LogP contribution in [0, 0.1) is 24.5 Å². The third-order valence-corrected chi connectivity index (χ3v) is 4.67. The van der Waals surface area contributed by atoms with Crippen molar-refractivity contribution in [3.8, 4) is 0 Å². The zero-order valence-electron chi connectivity index (χ0n) is 10.6. The summed E-state index contributed by atoms with van der Waals surface area (Å²) >= 11 is 1.94. The molecule has 0 aromatic heterocycles. The third-order valence-electron chi connectivity index (χ3n) is 3.62. The summed E-state index contributed by atoms with van der Waals surface area (Å²) in [5.41, 5.74) is 6.53. The number of halogens is 2. The molecule has 2 N–H and O–H groups in total. The molecule has 1 aromatic rings. The molecule has 18 heavy (non-hydrogen) atoms. The fourth-order valence-electron chi connectivity index (χ4n) is 2.48. The summed E-state index contributed by atoms with van der Waals surface area (Å²) in [6.07, 6.45) is 2.89. The average molecular weight is 271 g/mol. The predicted octanol–water partition coefficient (Wildman–Crippen LogP) is 3.81. The molecule has 1 nitrogen and oxygen atoms in total. The van der Waals surface area contributed by atoms with Crippen molar-refractivity contribution < 1.29 is 8.78 Å². The van der Waals surface area contributed by atoms with E-state index in [1.165, 1.54) is 12.1 Å². The minimum absolute atomic E-state index is 0.0632. The molecule has 2 rings (SSSR count). The Kier molecular flexibility index (Phi) is 4.62. The summed E-state index contributed by atoms with van der Waals surface area (Å²) in [5, 5.41) is 0. The van der Waals surface area contributed by atoms with Crippen LogP contribution in [0.25, 0.3) is 0 Å². The first-order valence-electron chi connectivity index (χ1n) is 6.37. The molecule has 1 fully saturated rings. The van der Waals surface area contributed by atoms with E-state index >= 15 is 0 Å². The maximum absolute atomic E-state index is 13.9. The fourth-order valence-corrected chi connectivity index (χ4v) is 3.68. The molecule has 0 amide bonds. The monoisotopic (exact) mass is 271 g/mol. The van der Waals surface area contributed by atoms with Gasteiger partial charge >= 0.3 is 0 Å². The van der Waals surface area contributed by atoms with Crippen LogP contribution in [-0.2, 0) is 0 Å². The highest BCUT2D eigenvalue weighted by Gasteiger charge is 2.23. The lowest BCUT2D eigenvalue weighted by molar-refractivity contribution is 0.396. The van der Waals surface area contributed by atoms with Crippen LogP contribution in [0.1, 0.15) is 36.4 Å². The first-order valence-corrected chi connectivity index (χ1v) is 7.53. The Bertz CT molecular complexity index is 417. The number of hydrogen-bond acceptors (Lipinski definition) is 2. The van der Waals surface area contributed by atoms with Gasteiger partial charge in [0.05, 0.1) is 0 Å². The van der Waals surface area contributed by atoms with Crippen LogP contribution < -0.4 is 5.73 Å². The summed E-state index contributed by atoms with van der Waals surface area (Å²) in [6.45, 7) is 1.64. The Labute approximate surface area is 111 Å². The molecular weight excluding hydrogens is 252 g/mol. The quantitative estimate of drug-likeness (QED) is 0.904. The van der Waals surface area contributed by atoms with Crippen molar-refractivity contribution in [3.05, 3.63) is 34.9 Å². The van der Waals surface area contributed by atoms with Crippen LogP contribution in [0.3, 0.4) is 0 Å². The summed E-state index contributed by atoms with van der Waals surface area (Å²) in [5.74, 6) is 1.77. The van der Waals surface area contributed by atoms with E-state index in [0.717, 1.165) is 24.3 Å². The first kappa shape index (κ1) is 13.8. The zero-order valence-corrected chi connectivity index (χ0v) is 11.4. The van der Waals surface area contributed by atoms with E-state index in [1.807, 2.05) is 11.8 Å². The van der Waals surface area contributed by atoms with Gasteiger partial charge in [0, 0.05) is 11.6 Å². The molecule has 1 atom stereocenters. The zero-order chi connectivity index (χ0) is 13.1. The van der Waals surface area contributed by atoms with Crippen molar-refractivity contribution in [2.24, 2.45) is 11.7 Å². The van der Waals surface area contributed by atoms with Gasteiger partial charge in [-0.3, -0.25) is 0 Å². The number of thioether (sulfide) groups is 1. The Balaban J connectivity index is 2.12. The molecule has 1 aliphatic heterocycles. The van der Waals surface area contributed by atoms with Crippen molar-refractivity contribution in [3.63, 3.8) is 0 Å². The molecule has 0 saturated carbocycles. The van der Waals surface area contributed by atoms with Crippen molar-refractivity contribution in [1.82, 2.24) is 0 Å². The molecule has 0 bridgehead atoms. The van der Waals surface area contributed by atoms with Gasteiger partial charge < -0.3 is 5.73 Å². The van der Waals surface area contributed by atoms with E-state index in [1.54, 1.807) is 6.92 Å². The predicted molar refractivity (Wildman–Crippen MR) is 72.7 cm³/mol. The number of aryl methyl sites for hydroxylation is 1. The molecule has 1 heterocycles. The van der Waals surface area contributed by atoms with Gasteiger partial charge in [-0.2, -0.15) is 11.8 Å².